The molecule has 3 heterocycles. The molecular formula is C15H24N4O2S. The lowest BCUT2D eigenvalue weighted by atomic mass is 10.0. The predicted octanol–water partition coefficient (Wildman–Crippen LogP) is 2.11. The average Bonchev–Trinajstić information content (AvgIpc) is 3.15. The van der Waals surface area contributed by atoms with Crippen LogP contribution in [-0.4, -0.2) is 45.1 Å². The van der Waals surface area contributed by atoms with Gasteiger partial charge in [0.05, 0.1) is 23.7 Å². The van der Waals surface area contributed by atoms with Crippen LogP contribution in [0.4, 0.5) is 0 Å². The number of fused-ring (bicyclic) bond motifs is 2. The molecular weight excluding hydrogens is 300 g/mol. The number of rotatable bonds is 3. The van der Waals surface area contributed by atoms with E-state index in [-0.39, 0.29) is 23.4 Å². The molecule has 22 heavy (non-hydrogen) atoms. The number of hydrogen-bond donors (Lipinski definition) is 0. The Bertz CT molecular complexity index is 595. The van der Waals surface area contributed by atoms with Gasteiger partial charge in [0.1, 0.15) is 0 Å². The first-order chi connectivity index (χ1) is 10.7. The van der Waals surface area contributed by atoms with Gasteiger partial charge in [-0.2, -0.15) is 19.3 Å². The van der Waals surface area contributed by atoms with E-state index < -0.39 is 10.0 Å². The van der Waals surface area contributed by atoms with Crippen LogP contribution in [-0.2, 0) is 10.0 Å². The first-order valence-corrected chi connectivity index (χ1v) is 10.0. The Morgan fingerprint density at radius 1 is 0.818 bits per heavy atom. The van der Waals surface area contributed by atoms with Crippen molar-refractivity contribution in [1.82, 2.24) is 19.3 Å². The normalized spacial score (nSPS) is 34.1. The van der Waals surface area contributed by atoms with Crippen molar-refractivity contribution in [2.24, 2.45) is 0 Å². The van der Waals surface area contributed by atoms with Crippen molar-refractivity contribution < 1.29 is 8.42 Å². The molecule has 2 bridgehead atoms. The zero-order chi connectivity index (χ0) is 15.2. The van der Waals surface area contributed by atoms with Gasteiger partial charge in [-0.15, -0.1) is 0 Å². The largest absolute Gasteiger partial charge is 0.217 e. The summed E-state index contributed by atoms with van der Waals surface area (Å²) < 4.78 is 28.1. The Labute approximate surface area is 131 Å². The van der Waals surface area contributed by atoms with Crippen molar-refractivity contribution in [3.8, 4) is 0 Å². The summed E-state index contributed by atoms with van der Waals surface area (Å²) in [7, 11) is -3.13. The third-order valence-corrected chi connectivity index (χ3v) is 8.17. The summed E-state index contributed by atoms with van der Waals surface area (Å²) in [6.07, 6.45) is 12.1. The van der Waals surface area contributed by atoms with Crippen molar-refractivity contribution in [2.75, 3.05) is 0 Å². The number of aromatic nitrogens is 3. The second-order valence-corrected chi connectivity index (χ2v) is 9.11. The van der Waals surface area contributed by atoms with Crippen LogP contribution in [0.2, 0.25) is 0 Å². The van der Waals surface area contributed by atoms with Crippen LogP contribution in [0.15, 0.2) is 12.4 Å². The summed E-state index contributed by atoms with van der Waals surface area (Å²) in [6.45, 7) is 0. The zero-order valence-corrected chi connectivity index (χ0v) is 13.7. The lowest BCUT2D eigenvalue weighted by molar-refractivity contribution is 0.172. The Morgan fingerprint density at radius 2 is 1.41 bits per heavy atom. The fourth-order valence-corrected chi connectivity index (χ4v) is 7.15. The Hall–Kier alpha value is -0.950. The highest BCUT2D eigenvalue weighted by atomic mass is 32.2. The maximum Gasteiger partial charge on any atom is 0.217 e. The number of piperidine rings is 1. The van der Waals surface area contributed by atoms with E-state index in [1.165, 1.54) is 6.42 Å². The van der Waals surface area contributed by atoms with Crippen molar-refractivity contribution >= 4 is 10.0 Å². The Morgan fingerprint density at radius 3 is 2.00 bits per heavy atom. The van der Waals surface area contributed by atoms with E-state index in [4.69, 9.17) is 0 Å². The molecule has 2 aliphatic heterocycles. The van der Waals surface area contributed by atoms with Crippen molar-refractivity contribution in [3.63, 3.8) is 0 Å². The van der Waals surface area contributed by atoms with Gasteiger partial charge in [0, 0.05) is 12.1 Å². The highest BCUT2D eigenvalue weighted by Gasteiger charge is 2.49. The number of hydrogen-bond acceptors (Lipinski definition) is 4. The minimum atomic E-state index is -3.13. The van der Waals surface area contributed by atoms with E-state index in [1.54, 1.807) is 17.2 Å². The first-order valence-electron chi connectivity index (χ1n) is 8.54. The summed E-state index contributed by atoms with van der Waals surface area (Å²) in [5.41, 5.74) is 0. The van der Waals surface area contributed by atoms with Crippen LogP contribution < -0.4 is 0 Å². The molecule has 2 saturated heterocycles. The monoisotopic (exact) mass is 324 g/mol. The van der Waals surface area contributed by atoms with Crippen LogP contribution in [0.5, 0.6) is 0 Å². The van der Waals surface area contributed by atoms with Gasteiger partial charge in [-0.3, -0.25) is 0 Å². The fourth-order valence-electron chi connectivity index (χ4n) is 4.66. The highest BCUT2D eigenvalue weighted by Crippen LogP contribution is 2.44. The minimum absolute atomic E-state index is 0.135. The maximum absolute atomic E-state index is 13.1. The van der Waals surface area contributed by atoms with E-state index in [1.807, 2.05) is 4.31 Å². The molecule has 0 N–H and O–H groups in total. The SMILES string of the molecule is O=S(=O)(C1CCCCC1)N1C2CCC1CC(n1nccn1)C2. The van der Waals surface area contributed by atoms with Crippen molar-refractivity contribution in [1.29, 1.82) is 0 Å². The number of sulfonamides is 1. The molecule has 4 rings (SSSR count). The highest BCUT2D eigenvalue weighted by molar-refractivity contribution is 7.89. The van der Waals surface area contributed by atoms with E-state index in [2.05, 4.69) is 10.2 Å². The van der Waals surface area contributed by atoms with Gasteiger partial charge < -0.3 is 0 Å². The van der Waals surface area contributed by atoms with Crippen LogP contribution in [0.1, 0.15) is 63.8 Å². The second-order valence-electron chi connectivity index (χ2n) is 6.99. The third kappa shape index (κ3) is 2.38. The molecule has 0 radical (unpaired) electrons. The molecule has 2 atom stereocenters. The van der Waals surface area contributed by atoms with Crippen LogP contribution in [0.25, 0.3) is 0 Å². The van der Waals surface area contributed by atoms with Gasteiger partial charge in [-0.1, -0.05) is 19.3 Å². The number of nitrogens with zero attached hydrogens (tertiary/aromatic N) is 4. The van der Waals surface area contributed by atoms with E-state index >= 15 is 0 Å². The average molecular weight is 324 g/mol. The molecule has 122 valence electrons. The molecule has 7 heteroatoms. The summed E-state index contributed by atoms with van der Waals surface area (Å²) in [4.78, 5) is 1.77. The molecule has 0 spiro atoms. The zero-order valence-electron chi connectivity index (χ0n) is 12.8. The van der Waals surface area contributed by atoms with E-state index in [0.29, 0.717) is 0 Å². The van der Waals surface area contributed by atoms with E-state index in [0.717, 1.165) is 51.4 Å². The smallest absolute Gasteiger partial charge is 0.212 e. The molecule has 3 aliphatic rings. The molecule has 1 aliphatic carbocycles. The Kier molecular flexibility index (Phi) is 3.72. The third-order valence-electron chi connectivity index (χ3n) is 5.67. The maximum atomic E-state index is 13.1. The van der Waals surface area contributed by atoms with Gasteiger partial charge >= 0.3 is 0 Å². The van der Waals surface area contributed by atoms with Crippen LogP contribution in [0, 0.1) is 0 Å². The summed E-state index contributed by atoms with van der Waals surface area (Å²) in [6, 6.07) is 0.564. The lowest BCUT2D eigenvalue weighted by Crippen LogP contribution is -2.50. The molecule has 3 fully saturated rings. The fraction of sp³-hybridized carbons (Fsp3) is 0.867. The Balaban J connectivity index is 1.55. The predicted molar refractivity (Wildman–Crippen MR) is 82.7 cm³/mol. The minimum Gasteiger partial charge on any atom is -0.212 e. The van der Waals surface area contributed by atoms with E-state index in [9.17, 15) is 8.42 Å². The molecule has 0 amide bonds. The first kappa shape index (κ1) is 14.6. The quantitative estimate of drug-likeness (QED) is 0.854. The molecule has 1 aromatic rings. The summed E-state index contributed by atoms with van der Waals surface area (Å²) in [5, 5.41) is 8.37. The van der Waals surface area contributed by atoms with Gasteiger partial charge in [0.25, 0.3) is 0 Å². The van der Waals surface area contributed by atoms with Gasteiger partial charge in [-0.25, -0.2) is 8.42 Å². The van der Waals surface area contributed by atoms with Crippen LogP contribution in [0.3, 0.4) is 0 Å². The summed E-state index contributed by atoms with van der Waals surface area (Å²) >= 11 is 0. The molecule has 2 unspecified atom stereocenters. The molecule has 1 saturated carbocycles. The van der Waals surface area contributed by atoms with Gasteiger partial charge in [0.2, 0.25) is 10.0 Å². The van der Waals surface area contributed by atoms with Crippen LogP contribution >= 0.6 is 0 Å². The molecule has 6 nitrogen and oxygen atoms in total. The standard InChI is InChI=1S/C15H24N4O2S/c20-22(21,15-4-2-1-3-5-15)18-12-6-7-13(18)11-14(10-12)19-16-8-9-17-19/h8-9,12-15H,1-7,10-11H2. The van der Waals surface area contributed by atoms with Gasteiger partial charge in [0.15, 0.2) is 0 Å². The molecule has 0 aromatic carbocycles. The van der Waals surface area contributed by atoms with Crippen molar-refractivity contribution in [2.45, 2.75) is 81.2 Å². The summed E-state index contributed by atoms with van der Waals surface area (Å²) in [5.74, 6) is 0. The molecule has 1 aromatic heterocycles. The van der Waals surface area contributed by atoms with Crippen molar-refractivity contribution in [3.05, 3.63) is 12.4 Å². The topological polar surface area (TPSA) is 68.1 Å². The van der Waals surface area contributed by atoms with Gasteiger partial charge in [-0.05, 0) is 38.5 Å². The second kappa shape index (κ2) is 5.60. The lowest BCUT2D eigenvalue weighted by Gasteiger charge is -2.40.